The molecule has 3 nitrogen and oxygen atoms in total. The summed E-state index contributed by atoms with van der Waals surface area (Å²) in [4.78, 5) is 0. The van der Waals surface area contributed by atoms with E-state index in [1.165, 1.54) is 11.1 Å². The highest BCUT2D eigenvalue weighted by atomic mass is 15.3. The maximum atomic E-state index is 6.10. The number of anilines is 1. The average molecular weight is 257 g/mol. The minimum atomic E-state index is 0.676. The second-order valence-electron chi connectivity index (χ2n) is 5.70. The minimum absolute atomic E-state index is 0.676. The molecule has 0 aliphatic heterocycles. The first-order chi connectivity index (χ1) is 8.97. The van der Waals surface area contributed by atoms with Gasteiger partial charge in [0.2, 0.25) is 0 Å². The number of rotatable bonds is 4. The fraction of sp³-hybridized carbons (Fsp3) is 0.438. The molecule has 19 heavy (non-hydrogen) atoms. The van der Waals surface area contributed by atoms with Crippen molar-refractivity contribution in [2.45, 2.75) is 40.7 Å². The van der Waals surface area contributed by atoms with E-state index in [1.807, 2.05) is 10.9 Å². The van der Waals surface area contributed by atoms with E-state index in [9.17, 15) is 0 Å². The maximum Gasteiger partial charge on any atom is 0.115 e. The van der Waals surface area contributed by atoms with E-state index in [0.29, 0.717) is 5.92 Å². The zero-order chi connectivity index (χ0) is 14.0. The van der Waals surface area contributed by atoms with E-state index in [-0.39, 0.29) is 0 Å². The highest BCUT2D eigenvalue weighted by molar-refractivity contribution is 5.74. The highest BCUT2D eigenvalue weighted by Crippen LogP contribution is 2.27. The molecule has 0 radical (unpaired) electrons. The lowest BCUT2D eigenvalue weighted by molar-refractivity contribution is 0.488. The number of nitrogens with zero attached hydrogens (tertiary/aromatic N) is 2. The van der Waals surface area contributed by atoms with Crippen molar-refractivity contribution < 1.29 is 0 Å². The average Bonchev–Trinajstić information content (AvgIpc) is 2.68. The Balaban J connectivity index is 2.29. The van der Waals surface area contributed by atoms with Gasteiger partial charge in [0.05, 0.1) is 5.69 Å². The third-order valence-electron chi connectivity index (χ3n) is 3.36. The zero-order valence-electron chi connectivity index (χ0n) is 12.3. The third kappa shape index (κ3) is 3.16. The fourth-order valence-corrected chi connectivity index (χ4v) is 2.23. The summed E-state index contributed by atoms with van der Waals surface area (Å²) in [6.45, 7) is 9.57. The van der Waals surface area contributed by atoms with Crippen molar-refractivity contribution in [3.63, 3.8) is 0 Å². The summed E-state index contributed by atoms with van der Waals surface area (Å²) in [5, 5.41) is 4.63. The summed E-state index contributed by atoms with van der Waals surface area (Å²) >= 11 is 0. The van der Waals surface area contributed by atoms with Crippen LogP contribution in [0.4, 0.5) is 5.69 Å². The van der Waals surface area contributed by atoms with Crippen molar-refractivity contribution >= 4 is 5.69 Å². The van der Waals surface area contributed by atoms with Gasteiger partial charge in [-0.05, 0) is 31.7 Å². The van der Waals surface area contributed by atoms with Gasteiger partial charge in [0.1, 0.15) is 5.69 Å². The van der Waals surface area contributed by atoms with Crippen molar-refractivity contribution in [2.75, 3.05) is 5.73 Å². The molecule has 0 unspecified atom stereocenters. The van der Waals surface area contributed by atoms with Gasteiger partial charge < -0.3 is 5.73 Å². The van der Waals surface area contributed by atoms with Crippen LogP contribution in [-0.2, 0) is 6.54 Å². The number of nitrogens with two attached hydrogens (primary N) is 1. The molecule has 0 amide bonds. The Labute approximate surface area is 115 Å². The highest BCUT2D eigenvalue weighted by Gasteiger charge is 2.11. The molecule has 1 aromatic heterocycles. The molecule has 2 aromatic rings. The molecule has 0 aliphatic carbocycles. The lowest BCUT2D eigenvalue weighted by Gasteiger charge is -2.06. The molecule has 0 saturated carbocycles. The molecular weight excluding hydrogens is 234 g/mol. The van der Waals surface area contributed by atoms with E-state index < -0.39 is 0 Å². The maximum absolute atomic E-state index is 6.10. The molecule has 2 N–H and O–H groups in total. The summed E-state index contributed by atoms with van der Waals surface area (Å²) < 4.78 is 1.96. The summed E-state index contributed by atoms with van der Waals surface area (Å²) in [6.07, 6.45) is 3.06. The Morgan fingerprint density at radius 3 is 2.63 bits per heavy atom. The van der Waals surface area contributed by atoms with Gasteiger partial charge in [-0.1, -0.05) is 37.6 Å². The molecule has 2 rings (SSSR count). The Kier molecular flexibility index (Phi) is 3.93. The van der Waals surface area contributed by atoms with Crippen LogP contribution >= 0.6 is 0 Å². The van der Waals surface area contributed by atoms with Gasteiger partial charge in [-0.3, -0.25) is 4.68 Å². The van der Waals surface area contributed by atoms with Crippen molar-refractivity contribution in [1.29, 1.82) is 0 Å². The van der Waals surface area contributed by atoms with E-state index in [2.05, 4.69) is 51.0 Å². The van der Waals surface area contributed by atoms with Crippen LogP contribution in [0.5, 0.6) is 0 Å². The first-order valence-corrected chi connectivity index (χ1v) is 6.88. The standard InChI is InChI=1S/C16H23N3/c1-11(2)7-8-19-10-15(17)16(18-19)14-6-5-12(3)9-13(14)4/h5-6,9-11H,7-8,17H2,1-4H3. The second-order valence-corrected chi connectivity index (χ2v) is 5.70. The van der Waals surface area contributed by atoms with E-state index in [0.717, 1.165) is 29.9 Å². The van der Waals surface area contributed by atoms with E-state index >= 15 is 0 Å². The summed E-state index contributed by atoms with van der Waals surface area (Å²) in [7, 11) is 0. The van der Waals surface area contributed by atoms with Crippen molar-refractivity contribution in [3.8, 4) is 11.3 Å². The van der Waals surface area contributed by atoms with Gasteiger partial charge in [0, 0.05) is 18.3 Å². The van der Waals surface area contributed by atoms with Crippen LogP contribution in [0.3, 0.4) is 0 Å². The zero-order valence-corrected chi connectivity index (χ0v) is 12.3. The molecule has 1 aromatic carbocycles. The number of aromatic nitrogens is 2. The van der Waals surface area contributed by atoms with Gasteiger partial charge in [0.25, 0.3) is 0 Å². The van der Waals surface area contributed by atoms with Gasteiger partial charge >= 0.3 is 0 Å². The van der Waals surface area contributed by atoms with Crippen LogP contribution in [0.2, 0.25) is 0 Å². The number of aryl methyl sites for hydroxylation is 3. The predicted molar refractivity (Wildman–Crippen MR) is 81.0 cm³/mol. The van der Waals surface area contributed by atoms with Gasteiger partial charge in [-0.15, -0.1) is 0 Å². The SMILES string of the molecule is Cc1ccc(-c2nn(CCC(C)C)cc2N)c(C)c1. The second kappa shape index (κ2) is 5.47. The minimum Gasteiger partial charge on any atom is -0.396 e. The monoisotopic (exact) mass is 257 g/mol. The molecule has 0 atom stereocenters. The van der Waals surface area contributed by atoms with Crippen LogP contribution in [0.15, 0.2) is 24.4 Å². The lowest BCUT2D eigenvalue weighted by Crippen LogP contribution is -2.02. The Bertz CT molecular complexity index is 567. The molecule has 102 valence electrons. The molecule has 1 heterocycles. The topological polar surface area (TPSA) is 43.8 Å². The Hall–Kier alpha value is -1.77. The molecule has 0 saturated heterocycles. The van der Waals surface area contributed by atoms with Crippen LogP contribution in [0.25, 0.3) is 11.3 Å². The number of nitrogen functional groups attached to an aromatic ring is 1. The lowest BCUT2D eigenvalue weighted by atomic mass is 10.0. The molecule has 0 bridgehead atoms. The first-order valence-electron chi connectivity index (χ1n) is 6.88. The first kappa shape index (κ1) is 13.7. The Morgan fingerprint density at radius 1 is 1.26 bits per heavy atom. The number of hydrogen-bond donors (Lipinski definition) is 1. The molecule has 0 spiro atoms. The largest absolute Gasteiger partial charge is 0.396 e. The normalized spacial score (nSPS) is 11.2. The quantitative estimate of drug-likeness (QED) is 0.905. The van der Waals surface area contributed by atoms with Crippen molar-refractivity contribution in [2.24, 2.45) is 5.92 Å². The molecule has 0 aliphatic rings. The summed E-state index contributed by atoms with van der Waals surface area (Å²) in [6, 6.07) is 6.38. The fourth-order valence-electron chi connectivity index (χ4n) is 2.23. The summed E-state index contributed by atoms with van der Waals surface area (Å²) in [5.41, 5.74) is 11.4. The number of benzene rings is 1. The van der Waals surface area contributed by atoms with Gasteiger partial charge in [0.15, 0.2) is 0 Å². The molecule has 0 fully saturated rings. The van der Waals surface area contributed by atoms with Crippen LogP contribution in [-0.4, -0.2) is 9.78 Å². The van der Waals surface area contributed by atoms with Crippen molar-refractivity contribution in [1.82, 2.24) is 9.78 Å². The van der Waals surface area contributed by atoms with Crippen LogP contribution < -0.4 is 5.73 Å². The van der Waals surface area contributed by atoms with Gasteiger partial charge in [-0.2, -0.15) is 5.10 Å². The third-order valence-corrected chi connectivity index (χ3v) is 3.36. The molecule has 3 heteroatoms. The predicted octanol–water partition coefficient (Wildman–Crippen LogP) is 3.80. The van der Waals surface area contributed by atoms with Crippen molar-refractivity contribution in [3.05, 3.63) is 35.5 Å². The Morgan fingerprint density at radius 2 is 2.00 bits per heavy atom. The van der Waals surface area contributed by atoms with E-state index in [4.69, 9.17) is 5.73 Å². The smallest absolute Gasteiger partial charge is 0.115 e. The molecular formula is C16H23N3. The summed E-state index contributed by atoms with van der Waals surface area (Å²) in [5.74, 6) is 0.676. The van der Waals surface area contributed by atoms with Crippen LogP contribution in [0.1, 0.15) is 31.4 Å². The van der Waals surface area contributed by atoms with Gasteiger partial charge in [-0.25, -0.2) is 0 Å². The van der Waals surface area contributed by atoms with E-state index in [1.54, 1.807) is 0 Å². The number of hydrogen-bond acceptors (Lipinski definition) is 2. The van der Waals surface area contributed by atoms with Crippen LogP contribution in [0, 0.1) is 19.8 Å².